The summed E-state index contributed by atoms with van der Waals surface area (Å²) in [5.74, 6) is 0.380. The highest BCUT2D eigenvalue weighted by Crippen LogP contribution is 2.27. The minimum absolute atomic E-state index is 0.0561. The topological polar surface area (TPSA) is 53.2 Å². The van der Waals surface area contributed by atoms with Crippen molar-refractivity contribution in [1.82, 2.24) is 9.88 Å². The van der Waals surface area contributed by atoms with Crippen molar-refractivity contribution in [2.24, 2.45) is 0 Å². The third-order valence-electron chi connectivity index (χ3n) is 2.61. The number of H-pyrrole nitrogens is 1. The van der Waals surface area contributed by atoms with Crippen LogP contribution in [0.3, 0.4) is 0 Å². The maximum atomic E-state index is 12.1. The van der Waals surface area contributed by atoms with E-state index >= 15 is 0 Å². The van der Waals surface area contributed by atoms with Crippen LogP contribution in [0.1, 0.15) is 23.2 Å². The molecule has 1 aliphatic carbocycles. The van der Waals surface area contributed by atoms with Gasteiger partial charge in [-0.1, -0.05) is 0 Å². The SMILES string of the molecule is O=C(c1ccc(=O)[nH]c1)N(CCCl)C1CC1. The standard InChI is InChI=1S/C11H13ClN2O2/c12-5-6-14(9-2-3-9)11(16)8-1-4-10(15)13-7-8/h1,4,7,9H,2-3,5-6H2,(H,13,15). The molecule has 1 aliphatic rings. The van der Waals surface area contributed by atoms with Gasteiger partial charge in [0.1, 0.15) is 0 Å². The van der Waals surface area contributed by atoms with Gasteiger partial charge in [0.05, 0.1) is 5.56 Å². The second-order valence-electron chi connectivity index (χ2n) is 3.86. The van der Waals surface area contributed by atoms with E-state index in [4.69, 9.17) is 11.6 Å². The average Bonchev–Trinajstić information content (AvgIpc) is 3.10. The van der Waals surface area contributed by atoms with Gasteiger partial charge in [-0.15, -0.1) is 11.6 Å². The molecule has 5 heteroatoms. The van der Waals surface area contributed by atoms with Crippen molar-refractivity contribution in [2.75, 3.05) is 12.4 Å². The first-order valence-electron chi connectivity index (χ1n) is 5.28. The van der Waals surface area contributed by atoms with Crippen LogP contribution in [0.4, 0.5) is 0 Å². The Morgan fingerprint density at radius 2 is 2.25 bits per heavy atom. The first kappa shape index (κ1) is 11.2. The van der Waals surface area contributed by atoms with E-state index in [0.717, 1.165) is 12.8 Å². The van der Waals surface area contributed by atoms with Gasteiger partial charge in [0, 0.05) is 30.7 Å². The zero-order chi connectivity index (χ0) is 11.5. The smallest absolute Gasteiger partial charge is 0.255 e. The molecule has 0 radical (unpaired) electrons. The van der Waals surface area contributed by atoms with E-state index in [1.165, 1.54) is 12.3 Å². The molecule has 0 aromatic carbocycles. The molecule has 1 amide bonds. The molecule has 2 rings (SSSR count). The summed E-state index contributed by atoms with van der Waals surface area (Å²) in [7, 11) is 0. The molecule has 0 unspecified atom stereocenters. The number of carbonyl (C=O) groups is 1. The number of rotatable bonds is 4. The molecule has 0 saturated heterocycles. The fourth-order valence-electron chi connectivity index (χ4n) is 1.64. The molecular weight excluding hydrogens is 228 g/mol. The number of nitrogens with zero attached hydrogens (tertiary/aromatic N) is 1. The molecule has 1 aromatic rings. The molecule has 0 aliphatic heterocycles. The lowest BCUT2D eigenvalue weighted by Gasteiger charge is -2.20. The Balaban J connectivity index is 2.15. The number of aromatic amines is 1. The van der Waals surface area contributed by atoms with Crippen LogP contribution in [0.5, 0.6) is 0 Å². The van der Waals surface area contributed by atoms with Crippen LogP contribution in [0.15, 0.2) is 23.1 Å². The maximum Gasteiger partial charge on any atom is 0.255 e. The summed E-state index contributed by atoms with van der Waals surface area (Å²) in [6.45, 7) is 0.560. The fourth-order valence-corrected chi connectivity index (χ4v) is 1.82. The van der Waals surface area contributed by atoms with Crippen LogP contribution in [-0.2, 0) is 0 Å². The Hall–Kier alpha value is -1.29. The number of hydrogen-bond acceptors (Lipinski definition) is 2. The first-order chi connectivity index (χ1) is 7.72. The Bertz CT molecular complexity index is 419. The van der Waals surface area contributed by atoms with E-state index in [1.54, 1.807) is 11.0 Å². The molecule has 16 heavy (non-hydrogen) atoms. The van der Waals surface area contributed by atoms with Crippen LogP contribution >= 0.6 is 11.6 Å². The largest absolute Gasteiger partial charge is 0.334 e. The molecule has 1 heterocycles. The third kappa shape index (κ3) is 2.44. The van der Waals surface area contributed by atoms with Crippen molar-refractivity contribution >= 4 is 17.5 Å². The summed E-state index contributed by atoms with van der Waals surface area (Å²) >= 11 is 5.67. The van der Waals surface area contributed by atoms with Crippen molar-refractivity contribution < 1.29 is 4.79 Å². The van der Waals surface area contributed by atoms with E-state index < -0.39 is 0 Å². The van der Waals surface area contributed by atoms with Crippen molar-refractivity contribution in [3.8, 4) is 0 Å². The zero-order valence-corrected chi connectivity index (χ0v) is 9.54. The fraction of sp³-hybridized carbons (Fsp3) is 0.455. The van der Waals surface area contributed by atoms with Gasteiger partial charge < -0.3 is 9.88 Å². The van der Waals surface area contributed by atoms with Gasteiger partial charge in [-0.2, -0.15) is 0 Å². The lowest BCUT2D eigenvalue weighted by atomic mass is 10.2. The number of pyridine rings is 1. The second-order valence-corrected chi connectivity index (χ2v) is 4.24. The van der Waals surface area contributed by atoms with Gasteiger partial charge >= 0.3 is 0 Å². The van der Waals surface area contributed by atoms with Crippen LogP contribution in [-0.4, -0.2) is 34.3 Å². The summed E-state index contributed by atoms with van der Waals surface area (Å²) < 4.78 is 0. The minimum Gasteiger partial charge on any atom is -0.334 e. The highest BCUT2D eigenvalue weighted by Gasteiger charge is 2.32. The van der Waals surface area contributed by atoms with Crippen LogP contribution in [0, 0.1) is 0 Å². The van der Waals surface area contributed by atoms with Crippen LogP contribution in [0.2, 0.25) is 0 Å². The molecule has 1 N–H and O–H groups in total. The van der Waals surface area contributed by atoms with Crippen molar-refractivity contribution in [3.05, 3.63) is 34.2 Å². The summed E-state index contributed by atoms with van der Waals surface area (Å²) in [4.78, 5) is 27.2. The molecule has 0 atom stereocenters. The Labute approximate surface area is 98.2 Å². The summed E-state index contributed by atoms with van der Waals surface area (Å²) in [6.07, 6.45) is 3.55. The highest BCUT2D eigenvalue weighted by molar-refractivity contribution is 6.18. The van der Waals surface area contributed by atoms with E-state index in [0.29, 0.717) is 24.0 Å². The van der Waals surface area contributed by atoms with E-state index in [2.05, 4.69) is 4.98 Å². The number of nitrogens with one attached hydrogen (secondary N) is 1. The van der Waals surface area contributed by atoms with Gasteiger partial charge in [-0.3, -0.25) is 9.59 Å². The first-order valence-corrected chi connectivity index (χ1v) is 5.81. The molecule has 1 aromatic heterocycles. The number of amides is 1. The third-order valence-corrected chi connectivity index (χ3v) is 2.77. The molecule has 4 nitrogen and oxygen atoms in total. The summed E-state index contributed by atoms with van der Waals surface area (Å²) in [5.41, 5.74) is 0.309. The minimum atomic E-state index is -0.202. The molecule has 0 bridgehead atoms. The van der Waals surface area contributed by atoms with Gasteiger partial charge in [0.2, 0.25) is 5.56 Å². The van der Waals surface area contributed by atoms with Crippen molar-refractivity contribution in [2.45, 2.75) is 18.9 Å². The highest BCUT2D eigenvalue weighted by atomic mass is 35.5. The number of carbonyl (C=O) groups excluding carboxylic acids is 1. The number of halogens is 1. The number of alkyl halides is 1. The van der Waals surface area contributed by atoms with E-state index in [9.17, 15) is 9.59 Å². The second kappa shape index (κ2) is 4.70. The van der Waals surface area contributed by atoms with Crippen molar-refractivity contribution in [1.29, 1.82) is 0 Å². The van der Waals surface area contributed by atoms with Crippen LogP contribution < -0.4 is 5.56 Å². The number of hydrogen-bond donors (Lipinski definition) is 1. The lowest BCUT2D eigenvalue weighted by Crippen LogP contribution is -2.35. The number of aromatic nitrogens is 1. The van der Waals surface area contributed by atoms with Crippen LogP contribution in [0.25, 0.3) is 0 Å². The maximum absolute atomic E-state index is 12.1. The molecule has 1 fully saturated rings. The van der Waals surface area contributed by atoms with Gasteiger partial charge in [0.25, 0.3) is 5.91 Å². The van der Waals surface area contributed by atoms with E-state index in [-0.39, 0.29) is 11.5 Å². The molecule has 1 saturated carbocycles. The average molecular weight is 241 g/mol. The zero-order valence-electron chi connectivity index (χ0n) is 8.78. The summed E-state index contributed by atoms with van der Waals surface area (Å²) in [6, 6.07) is 3.24. The molecule has 0 spiro atoms. The van der Waals surface area contributed by atoms with Crippen molar-refractivity contribution in [3.63, 3.8) is 0 Å². The lowest BCUT2D eigenvalue weighted by molar-refractivity contribution is 0.0753. The monoisotopic (exact) mass is 240 g/mol. The summed E-state index contributed by atoms with van der Waals surface area (Å²) in [5, 5.41) is 0. The quantitative estimate of drug-likeness (QED) is 0.805. The molecular formula is C11H13ClN2O2. The Morgan fingerprint density at radius 1 is 1.50 bits per heavy atom. The normalized spacial score (nSPS) is 14.8. The van der Waals surface area contributed by atoms with Gasteiger partial charge in [-0.25, -0.2) is 0 Å². The molecule has 86 valence electrons. The Morgan fingerprint density at radius 3 is 2.75 bits per heavy atom. The Kier molecular flexibility index (Phi) is 3.29. The van der Waals surface area contributed by atoms with Gasteiger partial charge in [-0.05, 0) is 18.9 Å². The van der Waals surface area contributed by atoms with E-state index in [1.807, 2.05) is 0 Å². The predicted molar refractivity (Wildman–Crippen MR) is 61.8 cm³/mol. The van der Waals surface area contributed by atoms with Gasteiger partial charge in [0.15, 0.2) is 0 Å². The predicted octanol–water partition coefficient (Wildman–Crippen LogP) is 1.22.